The van der Waals surface area contributed by atoms with Gasteiger partial charge in [0, 0.05) is 31.5 Å². The highest BCUT2D eigenvalue weighted by Gasteiger charge is 1.99. The molecule has 0 saturated heterocycles. The maximum Gasteiger partial charge on any atom is 0.0648 e. The van der Waals surface area contributed by atoms with Crippen molar-refractivity contribution in [2.45, 2.75) is 52.9 Å². The first-order valence-corrected chi connectivity index (χ1v) is 6.07. The van der Waals surface area contributed by atoms with Crippen molar-refractivity contribution in [3.8, 4) is 0 Å². The second-order valence-electron chi connectivity index (χ2n) is 4.71. The molecule has 0 aromatic carbocycles. The second-order valence-corrected chi connectivity index (χ2v) is 4.71. The standard InChI is InChI=1S/C13H24N2O/c1-11(2)14-9-13-5-6-15(10-13)7-8-16-12(3)4/h5-6,10-12,14H,7-9H2,1-4H3. The summed E-state index contributed by atoms with van der Waals surface area (Å²) in [7, 11) is 0. The average molecular weight is 224 g/mol. The minimum atomic E-state index is 0.317. The molecule has 1 N–H and O–H groups in total. The third-order valence-corrected chi connectivity index (χ3v) is 2.33. The van der Waals surface area contributed by atoms with Gasteiger partial charge in [-0.05, 0) is 25.5 Å². The van der Waals surface area contributed by atoms with Gasteiger partial charge in [-0.15, -0.1) is 0 Å². The summed E-state index contributed by atoms with van der Waals surface area (Å²) in [6.07, 6.45) is 4.61. The lowest BCUT2D eigenvalue weighted by atomic mass is 10.3. The van der Waals surface area contributed by atoms with E-state index in [0.29, 0.717) is 12.1 Å². The first-order chi connectivity index (χ1) is 7.58. The number of aromatic nitrogens is 1. The third-order valence-electron chi connectivity index (χ3n) is 2.33. The van der Waals surface area contributed by atoms with Crippen LogP contribution in [0.15, 0.2) is 18.5 Å². The summed E-state index contributed by atoms with van der Waals surface area (Å²) in [6.45, 7) is 11.1. The molecular weight excluding hydrogens is 200 g/mol. The molecule has 0 aliphatic heterocycles. The van der Waals surface area contributed by atoms with E-state index in [1.807, 2.05) is 0 Å². The zero-order chi connectivity index (χ0) is 12.0. The number of nitrogens with one attached hydrogen (secondary N) is 1. The number of hydrogen-bond acceptors (Lipinski definition) is 2. The Labute approximate surface area is 98.8 Å². The van der Waals surface area contributed by atoms with Crippen LogP contribution in [0.1, 0.15) is 33.3 Å². The summed E-state index contributed by atoms with van der Waals surface area (Å²) < 4.78 is 7.70. The molecule has 0 fully saturated rings. The van der Waals surface area contributed by atoms with Crippen molar-refractivity contribution < 1.29 is 4.74 Å². The van der Waals surface area contributed by atoms with Crippen molar-refractivity contribution >= 4 is 0 Å². The molecule has 0 spiro atoms. The van der Waals surface area contributed by atoms with E-state index in [9.17, 15) is 0 Å². The molecule has 1 heterocycles. The zero-order valence-corrected chi connectivity index (χ0v) is 10.9. The first-order valence-electron chi connectivity index (χ1n) is 6.07. The molecule has 1 aromatic rings. The van der Waals surface area contributed by atoms with Crippen LogP contribution in [-0.4, -0.2) is 23.3 Å². The molecule has 16 heavy (non-hydrogen) atoms. The fraction of sp³-hybridized carbons (Fsp3) is 0.692. The first kappa shape index (κ1) is 13.3. The molecule has 0 radical (unpaired) electrons. The minimum absolute atomic E-state index is 0.317. The normalized spacial score (nSPS) is 11.6. The Bertz CT molecular complexity index is 292. The van der Waals surface area contributed by atoms with Crippen LogP contribution < -0.4 is 5.32 Å². The summed E-state index contributed by atoms with van der Waals surface area (Å²) in [5, 5.41) is 3.40. The molecule has 1 rings (SSSR count). The van der Waals surface area contributed by atoms with Crippen LogP contribution in [0.5, 0.6) is 0 Å². The molecule has 3 nitrogen and oxygen atoms in total. The molecular formula is C13H24N2O. The summed E-state index contributed by atoms with van der Waals surface area (Å²) in [5.41, 5.74) is 1.33. The van der Waals surface area contributed by atoms with E-state index in [0.717, 1.165) is 19.7 Å². The maximum atomic E-state index is 5.52. The summed E-state index contributed by atoms with van der Waals surface area (Å²) in [4.78, 5) is 0. The predicted octanol–water partition coefficient (Wildman–Crippen LogP) is 2.41. The van der Waals surface area contributed by atoms with Gasteiger partial charge in [-0.3, -0.25) is 0 Å². The Morgan fingerprint density at radius 3 is 2.69 bits per heavy atom. The molecule has 0 aliphatic carbocycles. The summed E-state index contributed by atoms with van der Waals surface area (Å²) in [5.74, 6) is 0. The van der Waals surface area contributed by atoms with Gasteiger partial charge in [0.2, 0.25) is 0 Å². The highest BCUT2D eigenvalue weighted by Crippen LogP contribution is 2.02. The van der Waals surface area contributed by atoms with Gasteiger partial charge in [0.15, 0.2) is 0 Å². The number of hydrogen-bond donors (Lipinski definition) is 1. The predicted molar refractivity (Wildman–Crippen MR) is 67.5 cm³/mol. The van der Waals surface area contributed by atoms with Crippen LogP contribution in [0.3, 0.4) is 0 Å². The Balaban J connectivity index is 2.28. The van der Waals surface area contributed by atoms with E-state index >= 15 is 0 Å². The molecule has 0 unspecified atom stereocenters. The van der Waals surface area contributed by atoms with Crippen LogP contribution >= 0.6 is 0 Å². The van der Waals surface area contributed by atoms with E-state index in [1.165, 1.54) is 5.56 Å². The van der Waals surface area contributed by atoms with Crippen molar-refractivity contribution in [3.63, 3.8) is 0 Å². The molecule has 0 atom stereocenters. The third kappa shape index (κ3) is 5.33. The van der Waals surface area contributed by atoms with Crippen LogP contribution in [0, 0.1) is 0 Å². The quantitative estimate of drug-likeness (QED) is 0.769. The summed E-state index contributed by atoms with van der Waals surface area (Å²) >= 11 is 0. The van der Waals surface area contributed by atoms with E-state index in [4.69, 9.17) is 4.74 Å². The van der Waals surface area contributed by atoms with Crippen molar-refractivity contribution in [1.29, 1.82) is 0 Å². The van der Waals surface area contributed by atoms with Crippen molar-refractivity contribution in [3.05, 3.63) is 24.0 Å². The summed E-state index contributed by atoms with van der Waals surface area (Å²) in [6, 6.07) is 2.69. The number of nitrogens with zero attached hydrogens (tertiary/aromatic N) is 1. The fourth-order valence-corrected chi connectivity index (χ4v) is 1.45. The molecule has 0 aliphatic rings. The Morgan fingerprint density at radius 1 is 1.31 bits per heavy atom. The molecule has 0 bridgehead atoms. The van der Waals surface area contributed by atoms with E-state index in [-0.39, 0.29) is 0 Å². The monoisotopic (exact) mass is 224 g/mol. The van der Waals surface area contributed by atoms with E-state index < -0.39 is 0 Å². The molecule has 3 heteroatoms. The van der Waals surface area contributed by atoms with Gasteiger partial charge >= 0.3 is 0 Å². The van der Waals surface area contributed by atoms with Crippen molar-refractivity contribution in [1.82, 2.24) is 9.88 Å². The highest BCUT2D eigenvalue weighted by atomic mass is 16.5. The Morgan fingerprint density at radius 2 is 2.06 bits per heavy atom. The Kier molecular flexibility index (Phi) is 5.56. The minimum Gasteiger partial charge on any atom is -0.377 e. The fourth-order valence-electron chi connectivity index (χ4n) is 1.45. The lowest BCUT2D eigenvalue weighted by Gasteiger charge is -2.08. The lowest BCUT2D eigenvalue weighted by molar-refractivity contribution is 0.0728. The SMILES string of the molecule is CC(C)NCc1ccn(CCOC(C)C)c1. The number of rotatable bonds is 7. The lowest BCUT2D eigenvalue weighted by Crippen LogP contribution is -2.21. The van der Waals surface area contributed by atoms with Crippen molar-refractivity contribution in [2.75, 3.05) is 6.61 Å². The van der Waals surface area contributed by atoms with E-state index in [1.54, 1.807) is 0 Å². The van der Waals surface area contributed by atoms with Crippen LogP contribution in [0.25, 0.3) is 0 Å². The zero-order valence-electron chi connectivity index (χ0n) is 10.9. The van der Waals surface area contributed by atoms with Crippen LogP contribution in [0.4, 0.5) is 0 Å². The van der Waals surface area contributed by atoms with Crippen molar-refractivity contribution in [2.24, 2.45) is 0 Å². The molecule has 0 saturated carbocycles. The van der Waals surface area contributed by atoms with Gasteiger partial charge in [0.1, 0.15) is 0 Å². The highest BCUT2D eigenvalue weighted by molar-refractivity contribution is 5.09. The van der Waals surface area contributed by atoms with Crippen LogP contribution in [-0.2, 0) is 17.8 Å². The van der Waals surface area contributed by atoms with Gasteiger partial charge in [-0.1, -0.05) is 13.8 Å². The average Bonchev–Trinajstić information content (AvgIpc) is 2.62. The van der Waals surface area contributed by atoms with Gasteiger partial charge in [-0.25, -0.2) is 0 Å². The van der Waals surface area contributed by atoms with Gasteiger partial charge in [0.25, 0.3) is 0 Å². The molecule has 1 aromatic heterocycles. The Hall–Kier alpha value is -0.800. The van der Waals surface area contributed by atoms with E-state index in [2.05, 4.69) is 56.0 Å². The second kappa shape index (κ2) is 6.71. The largest absolute Gasteiger partial charge is 0.377 e. The number of ether oxygens (including phenoxy) is 1. The van der Waals surface area contributed by atoms with Gasteiger partial charge in [-0.2, -0.15) is 0 Å². The van der Waals surface area contributed by atoms with Gasteiger partial charge in [0.05, 0.1) is 12.7 Å². The molecule has 0 amide bonds. The molecule has 92 valence electrons. The van der Waals surface area contributed by atoms with Crippen LogP contribution in [0.2, 0.25) is 0 Å². The van der Waals surface area contributed by atoms with Gasteiger partial charge < -0.3 is 14.6 Å². The smallest absolute Gasteiger partial charge is 0.0648 e. The topological polar surface area (TPSA) is 26.2 Å². The maximum absolute atomic E-state index is 5.52.